The molecule has 134 valence electrons. The van der Waals surface area contributed by atoms with Gasteiger partial charge in [0.05, 0.1) is 13.1 Å². The molecule has 0 spiro atoms. The molecule has 2 aromatic rings. The molecule has 0 aliphatic carbocycles. The van der Waals surface area contributed by atoms with Crippen LogP contribution in [0, 0.1) is 5.82 Å². The summed E-state index contributed by atoms with van der Waals surface area (Å²) in [4.78, 5) is 25.6. The van der Waals surface area contributed by atoms with Gasteiger partial charge in [-0.05, 0) is 45.2 Å². The number of rotatable bonds is 7. The molecule has 0 aliphatic heterocycles. The Morgan fingerprint density at radius 3 is 2.56 bits per heavy atom. The number of halogens is 1. The largest absolute Gasteiger partial charge is 0.353 e. The van der Waals surface area contributed by atoms with Gasteiger partial charge < -0.3 is 10.6 Å². The molecule has 25 heavy (non-hydrogen) atoms. The molecule has 1 aromatic heterocycles. The van der Waals surface area contributed by atoms with E-state index >= 15 is 0 Å². The van der Waals surface area contributed by atoms with Gasteiger partial charge >= 0.3 is 0 Å². The van der Waals surface area contributed by atoms with E-state index in [2.05, 4.69) is 20.8 Å². The summed E-state index contributed by atoms with van der Waals surface area (Å²) in [7, 11) is 1.79. The number of hydrogen-bond acceptors (Lipinski definition) is 6. The monoisotopic (exact) mass is 365 g/mol. The molecule has 0 saturated carbocycles. The van der Waals surface area contributed by atoms with Gasteiger partial charge in [0.15, 0.2) is 0 Å². The highest BCUT2D eigenvalue weighted by Gasteiger charge is 2.15. The van der Waals surface area contributed by atoms with Gasteiger partial charge in [0.1, 0.15) is 10.8 Å². The molecule has 0 aliphatic rings. The van der Waals surface area contributed by atoms with Gasteiger partial charge in [-0.1, -0.05) is 11.3 Å². The number of aromatic nitrogens is 2. The molecule has 0 atom stereocenters. The lowest BCUT2D eigenvalue weighted by Crippen LogP contribution is -2.38. The topological polar surface area (TPSA) is 87.2 Å². The molecule has 0 fully saturated rings. The highest BCUT2D eigenvalue weighted by Crippen LogP contribution is 2.15. The van der Waals surface area contributed by atoms with Crippen LogP contribution in [0.3, 0.4) is 0 Å². The highest BCUT2D eigenvalue weighted by molar-refractivity contribution is 7.13. The smallest absolute Gasteiger partial charge is 0.286 e. The van der Waals surface area contributed by atoms with Crippen LogP contribution in [0.25, 0.3) is 0 Å². The molecule has 0 radical (unpaired) electrons. The number of nitrogens with zero attached hydrogens (tertiary/aromatic N) is 3. The molecule has 0 bridgehead atoms. The molecule has 1 aromatic carbocycles. The number of amides is 2. The Hall–Kier alpha value is -2.39. The van der Waals surface area contributed by atoms with Crippen LogP contribution in [0.2, 0.25) is 0 Å². The Balaban J connectivity index is 1.89. The standard InChI is InChI=1S/C16H20FN5O2S/c1-10(2)18-13(23)8-22(3)9-14-20-21-16(25-14)15(24)19-12-6-4-11(17)5-7-12/h4-7,10H,8-9H2,1-3H3,(H,18,23)(H,19,24). The van der Waals surface area contributed by atoms with E-state index in [4.69, 9.17) is 0 Å². The quantitative estimate of drug-likeness (QED) is 0.782. The summed E-state index contributed by atoms with van der Waals surface area (Å²) < 4.78 is 12.9. The summed E-state index contributed by atoms with van der Waals surface area (Å²) in [5.41, 5.74) is 0.477. The zero-order valence-electron chi connectivity index (χ0n) is 14.2. The second-order valence-electron chi connectivity index (χ2n) is 5.86. The number of anilines is 1. The van der Waals surface area contributed by atoms with Crippen molar-refractivity contribution in [1.29, 1.82) is 0 Å². The minimum atomic E-state index is -0.407. The first-order chi connectivity index (χ1) is 11.8. The third kappa shape index (κ3) is 6.20. The minimum absolute atomic E-state index is 0.0729. The van der Waals surface area contributed by atoms with Crippen molar-refractivity contribution in [1.82, 2.24) is 20.4 Å². The van der Waals surface area contributed by atoms with Crippen LogP contribution in [0.5, 0.6) is 0 Å². The van der Waals surface area contributed by atoms with E-state index in [0.29, 0.717) is 17.2 Å². The Bertz CT molecular complexity index is 732. The lowest BCUT2D eigenvalue weighted by Gasteiger charge is -2.15. The zero-order valence-corrected chi connectivity index (χ0v) is 15.1. The Morgan fingerprint density at radius 1 is 1.24 bits per heavy atom. The van der Waals surface area contributed by atoms with E-state index in [0.717, 1.165) is 11.3 Å². The molecule has 0 unspecified atom stereocenters. The van der Waals surface area contributed by atoms with Gasteiger partial charge in [0.2, 0.25) is 10.9 Å². The van der Waals surface area contributed by atoms with E-state index in [1.807, 2.05) is 13.8 Å². The number of benzene rings is 1. The number of carbonyl (C=O) groups excluding carboxylic acids is 2. The van der Waals surface area contributed by atoms with Crippen molar-refractivity contribution in [2.24, 2.45) is 0 Å². The Morgan fingerprint density at radius 2 is 1.92 bits per heavy atom. The van der Waals surface area contributed by atoms with Crippen LogP contribution in [0.15, 0.2) is 24.3 Å². The summed E-state index contributed by atoms with van der Waals surface area (Å²) in [5.74, 6) is -0.854. The fourth-order valence-electron chi connectivity index (χ4n) is 2.03. The van der Waals surface area contributed by atoms with Crippen molar-refractivity contribution in [2.75, 3.05) is 18.9 Å². The van der Waals surface area contributed by atoms with Crippen LogP contribution in [-0.4, -0.2) is 46.5 Å². The minimum Gasteiger partial charge on any atom is -0.353 e. The van der Waals surface area contributed by atoms with Gasteiger partial charge in [0.25, 0.3) is 5.91 Å². The van der Waals surface area contributed by atoms with Crippen molar-refractivity contribution in [3.05, 3.63) is 40.1 Å². The predicted molar refractivity (Wildman–Crippen MR) is 93.9 cm³/mol. The van der Waals surface area contributed by atoms with Gasteiger partial charge in [0, 0.05) is 11.7 Å². The predicted octanol–water partition coefficient (Wildman–Crippen LogP) is 1.89. The third-order valence-corrected chi connectivity index (χ3v) is 3.94. The van der Waals surface area contributed by atoms with Gasteiger partial charge in [-0.25, -0.2) is 4.39 Å². The highest BCUT2D eigenvalue weighted by atomic mass is 32.1. The number of hydrogen-bond donors (Lipinski definition) is 2. The lowest BCUT2D eigenvalue weighted by atomic mass is 10.3. The van der Waals surface area contributed by atoms with Crippen LogP contribution < -0.4 is 10.6 Å². The van der Waals surface area contributed by atoms with Crippen LogP contribution in [0.4, 0.5) is 10.1 Å². The first kappa shape index (κ1) is 18.9. The molecular weight excluding hydrogens is 345 g/mol. The maximum Gasteiger partial charge on any atom is 0.286 e. The van der Waals surface area contributed by atoms with E-state index in [1.54, 1.807) is 11.9 Å². The number of nitrogens with one attached hydrogen (secondary N) is 2. The Kier molecular flexibility index (Phi) is 6.54. The molecular formula is C16H20FN5O2S. The van der Waals surface area contributed by atoms with E-state index < -0.39 is 5.91 Å². The van der Waals surface area contributed by atoms with Crippen molar-refractivity contribution >= 4 is 28.8 Å². The van der Waals surface area contributed by atoms with Crippen LogP contribution >= 0.6 is 11.3 Å². The normalized spacial score (nSPS) is 11.0. The Labute approximate surface area is 149 Å². The average molecular weight is 365 g/mol. The first-order valence-corrected chi connectivity index (χ1v) is 8.52. The second-order valence-corrected chi connectivity index (χ2v) is 6.92. The van der Waals surface area contributed by atoms with Crippen molar-refractivity contribution in [2.45, 2.75) is 26.4 Å². The van der Waals surface area contributed by atoms with E-state index in [9.17, 15) is 14.0 Å². The summed E-state index contributed by atoms with van der Waals surface area (Å²) in [6.45, 7) is 4.44. The molecule has 2 N–H and O–H groups in total. The van der Waals surface area contributed by atoms with E-state index in [1.165, 1.54) is 24.3 Å². The molecule has 2 rings (SSSR count). The third-order valence-electron chi connectivity index (χ3n) is 3.03. The molecule has 7 nitrogen and oxygen atoms in total. The first-order valence-electron chi connectivity index (χ1n) is 7.70. The average Bonchev–Trinajstić information content (AvgIpc) is 2.97. The summed E-state index contributed by atoms with van der Waals surface area (Å²) in [5, 5.41) is 14.1. The van der Waals surface area contributed by atoms with Gasteiger partial charge in [-0.15, -0.1) is 10.2 Å². The fraction of sp³-hybridized carbons (Fsp3) is 0.375. The maximum atomic E-state index is 12.9. The maximum absolute atomic E-state index is 12.9. The fourth-order valence-corrected chi connectivity index (χ4v) is 2.84. The number of carbonyl (C=O) groups is 2. The van der Waals surface area contributed by atoms with Crippen molar-refractivity contribution in [3.63, 3.8) is 0 Å². The van der Waals surface area contributed by atoms with Crippen LogP contribution in [0.1, 0.15) is 28.7 Å². The van der Waals surface area contributed by atoms with E-state index in [-0.39, 0.29) is 29.3 Å². The molecule has 2 amide bonds. The lowest BCUT2D eigenvalue weighted by molar-refractivity contribution is -0.122. The van der Waals surface area contributed by atoms with Gasteiger partial charge in [-0.3, -0.25) is 14.5 Å². The molecule has 9 heteroatoms. The summed E-state index contributed by atoms with van der Waals surface area (Å²) >= 11 is 1.15. The van der Waals surface area contributed by atoms with Crippen molar-refractivity contribution in [3.8, 4) is 0 Å². The summed E-state index contributed by atoms with van der Waals surface area (Å²) in [6, 6.07) is 5.55. The SMILES string of the molecule is CC(C)NC(=O)CN(C)Cc1nnc(C(=O)Nc2ccc(F)cc2)s1. The van der Waals surface area contributed by atoms with Crippen molar-refractivity contribution < 1.29 is 14.0 Å². The molecule has 0 saturated heterocycles. The number of likely N-dealkylation sites (N-methyl/N-ethyl adjacent to an activating group) is 1. The van der Waals surface area contributed by atoms with Gasteiger partial charge in [-0.2, -0.15) is 0 Å². The molecule has 1 heterocycles. The second kappa shape index (κ2) is 8.63. The van der Waals surface area contributed by atoms with Crippen LogP contribution in [-0.2, 0) is 11.3 Å². The zero-order chi connectivity index (χ0) is 18.4. The summed E-state index contributed by atoms with van der Waals surface area (Å²) in [6.07, 6.45) is 0.